The van der Waals surface area contributed by atoms with E-state index in [1.165, 1.54) is 0 Å². The van der Waals surface area contributed by atoms with Crippen LogP contribution >= 0.6 is 11.3 Å². The molecular weight excluding hydrogens is 314 g/mol. The number of rotatable bonds is 4. The van der Waals surface area contributed by atoms with E-state index in [2.05, 4.69) is 10.3 Å². The topological polar surface area (TPSA) is 78.6 Å². The molecule has 0 aromatic carbocycles. The van der Waals surface area contributed by atoms with Crippen molar-refractivity contribution < 1.29 is 14.3 Å². The molecule has 3 rings (SSSR count). The molecule has 2 N–H and O–H groups in total. The Balaban J connectivity index is 1.53. The number of urea groups is 1. The van der Waals surface area contributed by atoms with Gasteiger partial charge in [0.15, 0.2) is 0 Å². The molecule has 1 aliphatic heterocycles. The average Bonchev–Trinajstić information content (AvgIpc) is 3.23. The number of oxazole rings is 1. The molecule has 1 fully saturated rings. The molecule has 2 unspecified atom stereocenters. The van der Waals surface area contributed by atoms with Crippen LogP contribution < -0.4 is 5.32 Å². The first-order valence-electron chi connectivity index (χ1n) is 7.82. The summed E-state index contributed by atoms with van der Waals surface area (Å²) in [5.41, 5.74) is 0.700. The smallest absolute Gasteiger partial charge is 0.317 e. The number of carbonyl (C=O) groups excluding carboxylic acids is 1. The molecule has 23 heavy (non-hydrogen) atoms. The Morgan fingerprint density at radius 3 is 3.26 bits per heavy atom. The number of hydrogen-bond donors (Lipinski definition) is 2. The third kappa shape index (κ3) is 3.92. The zero-order chi connectivity index (χ0) is 16.2. The first-order chi connectivity index (χ1) is 11.1. The van der Waals surface area contributed by atoms with Crippen LogP contribution in [0.25, 0.3) is 10.8 Å². The molecule has 1 saturated heterocycles. The number of hydrogen-bond acceptors (Lipinski definition) is 5. The zero-order valence-electron chi connectivity index (χ0n) is 13.1. The Hall–Kier alpha value is -1.86. The standard InChI is InChI=1S/C16H21N3O3S/c1-11(20)12-4-2-6-19(9-12)16(21)17-8-13-10-22-15(18-13)14-5-3-7-23-14/h3,5,7,10-12,20H,2,4,6,8-9H2,1H3,(H,17,21). The van der Waals surface area contributed by atoms with Gasteiger partial charge in [0.1, 0.15) is 6.26 Å². The normalized spacial score (nSPS) is 19.6. The highest BCUT2D eigenvalue weighted by atomic mass is 32.1. The lowest BCUT2D eigenvalue weighted by Gasteiger charge is -2.34. The molecule has 124 valence electrons. The van der Waals surface area contributed by atoms with E-state index < -0.39 is 0 Å². The zero-order valence-corrected chi connectivity index (χ0v) is 13.9. The van der Waals surface area contributed by atoms with Crippen molar-refractivity contribution in [2.24, 2.45) is 5.92 Å². The summed E-state index contributed by atoms with van der Waals surface area (Å²) in [5.74, 6) is 0.739. The highest BCUT2D eigenvalue weighted by Crippen LogP contribution is 2.23. The van der Waals surface area contributed by atoms with Crippen molar-refractivity contribution in [1.29, 1.82) is 0 Å². The molecule has 2 aromatic heterocycles. The lowest BCUT2D eigenvalue weighted by atomic mass is 9.94. The quantitative estimate of drug-likeness (QED) is 0.900. The van der Waals surface area contributed by atoms with Crippen molar-refractivity contribution >= 4 is 17.4 Å². The number of piperidine rings is 1. The Labute approximate surface area is 139 Å². The molecule has 3 heterocycles. The van der Waals surface area contributed by atoms with E-state index in [0.29, 0.717) is 24.7 Å². The number of carbonyl (C=O) groups is 1. The highest BCUT2D eigenvalue weighted by molar-refractivity contribution is 7.13. The van der Waals surface area contributed by atoms with Crippen molar-refractivity contribution in [3.63, 3.8) is 0 Å². The van der Waals surface area contributed by atoms with Gasteiger partial charge in [-0.3, -0.25) is 0 Å². The number of nitrogens with one attached hydrogen (secondary N) is 1. The van der Waals surface area contributed by atoms with Crippen LogP contribution in [0.15, 0.2) is 28.2 Å². The number of likely N-dealkylation sites (tertiary alicyclic amines) is 1. The summed E-state index contributed by atoms with van der Waals surface area (Å²) in [6.07, 6.45) is 3.09. The summed E-state index contributed by atoms with van der Waals surface area (Å²) < 4.78 is 5.44. The van der Waals surface area contributed by atoms with E-state index >= 15 is 0 Å². The third-order valence-electron chi connectivity index (χ3n) is 4.13. The number of aliphatic hydroxyl groups excluding tert-OH is 1. The highest BCUT2D eigenvalue weighted by Gasteiger charge is 2.26. The van der Waals surface area contributed by atoms with Gasteiger partial charge in [0, 0.05) is 19.0 Å². The maximum Gasteiger partial charge on any atom is 0.317 e. The van der Waals surface area contributed by atoms with Crippen LogP contribution in [0.5, 0.6) is 0 Å². The summed E-state index contributed by atoms with van der Waals surface area (Å²) in [4.78, 5) is 19.4. The van der Waals surface area contributed by atoms with Gasteiger partial charge in [-0.1, -0.05) is 6.07 Å². The number of aromatic nitrogens is 1. The minimum Gasteiger partial charge on any atom is -0.443 e. The van der Waals surface area contributed by atoms with E-state index in [-0.39, 0.29) is 18.1 Å². The second kappa shape index (κ2) is 7.14. The molecule has 6 nitrogen and oxygen atoms in total. The molecular formula is C16H21N3O3S. The molecule has 0 radical (unpaired) electrons. The Bertz CT molecular complexity index is 639. The van der Waals surface area contributed by atoms with Crippen molar-refractivity contribution in [2.75, 3.05) is 13.1 Å². The van der Waals surface area contributed by atoms with Gasteiger partial charge in [-0.2, -0.15) is 0 Å². The molecule has 7 heteroatoms. The van der Waals surface area contributed by atoms with E-state index in [4.69, 9.17) is 4.42 Å². The number of thiophene rings is 1. The molecule has 0 spiro atoms. The lowest BCUT2D eigenvalue weighted by Crippen LogP contribution is -2.47. The molecule has 2 aromatic rings. The van der Waals surface area contributed by atoms with E-state index in [0.717, 1.165) is 24.3 Å². The molecule has 2 atom stereocenters. The maximum absolute atomic E-state index is 12.3. The van der Waals surface area contributed by atoms with Crippen LogP contribution in [0.2, 0.25) is 0 Å². The summed E-state index contributed by atoms with van der Waals surface area (Å²) in [6.45, 7) is 3.45. The molecule has 0 bridgehead atoms. The van der Waals surface area contributed by atoms with Crippen LogP contribution in [0.4, 0.5) is 4.79 Å². The van der Waals surface area contributed by atoms with Crippen LogP contribution in [-0.4, -0.2) is 40.2 Å². The fourth-order valence-electron chi connectivity index (χ4n) is 2.77. The van der Waals surface area contributed by atoms with Gasteiger partial charge in [-0.25, -0.2) is 9.78 Å². The SMILES string of the molecule is CC(O)C1CCCN(C(=O)NCc2coc(-c3cccs3)n2)C1. The summed E-state index contributed by atoms with van der Waals surface area (Å²) in [7, 11) is 0. The fraction of sp³-hybridized carbons (Fsp3) is 0.500. The Morgan fingerprint density at radius 2 is 2.52 bits per heavy atom. The van der Waals surface area contributed by atoms with Crippen molar-refractivity contribution in [1.82, 2.24) is 15.2 Å². The molecule has 0 saturated carbocycles. The predicted octanol–water partition coefficient (Wildman–Crippen LogP) is 2.71. The van der Waals surface area contributed by atoms with Gasteiger partial charge in [0.25, 0.3) is 0 Å². The lowest BCUT2D eigenvalue weighted by molar-refractivity contribution is 0.0738. The molecule has 2 amide bonds. The van der Waals surface area contributed by atoms with Gasteiger partial charge < -0.3 is 19.7 Å². The Kier molecular flexibility index (Phi) is 4.97. The van der Waals surface area contributed by atoms with Crippen LogP contribution in [-0.2, 0) is 6.54 Å². The molecule has 1 aliphatic rings. The first-order valence-corrected chi connectivity index (χ1v) is 8.70. The maximum atomic E-state index is 12.3. The van der Waals surface area contributed by atoms with Crippen LogP contribution in [0.3, 0.4) is 0 Å². The minimum atomic E-state index is -0.380. The van der Waals surface area contributed by atoms with Gasteiger partial charge in [-0.05, 0) is 31.2 Å². The Morgan fingerprint density at radius 1 is 1.65 bits per heavy atom. The predicted molar refractivity (Wildman–Crippen MR) is 88.0 cm³/mol. The molecule has 0 aliphatic carbocycles. The van der Waals surface area contributed by atoms with E-state index in [1.807, 2.05) is 17.5 Å². The summed E-state index contributed by atoms with van der Waals surface area (Å²) in [6, 6.07) is 3.78. The van der Waals surface area contributed by atoms with Crippen molar-refractivity contribution in [2.45, 2.75) is 32.4 Å². The summed E-state index contributed by atoms with van der Waals surface area (Å²) >= 11 is 1.56. The monoisotopic (exact) mass is 335 g/mol. The number of aliphatic hydroxyl groups is 1. The minimum absolute atomic E-state index is 0.115. The van der Waals surface area contributed by atoms with Crippen molar-refractivity contribution in [3.05, 3.63) is 29.5 Å². The van der Waals surface area contributed by atoms with Gasteiger partial charge in [0.05, 0.1) is 23.2 Å². The van der Waals surface area contributed by atoms with E-state index in [1.54, 1.807) is 29.4 Å². The second-order valence-corrected chi connectivity index (χ2v) is 6.82. The van der Waals surface area contributed by atoms with Gasteiger partial charge in [0.2, 0.25) is 5.89 Å². The van der Waals surface area contributed by atoms with Gasteiger partial charge in [-0.15, -0.1) is 11.3 Å². The largest absolute Gasteiger partial charge is 0.443 e. The average molecular weight is 335 g/mol. The first kappa shape index (κ1) is 16.0. The van der Waals surface area contributed by atoms with E-state index in [9.17, 15) is 9.90 Å². The number of nitrogens with zero attached hydrogens (tertiary/aromatic N) is 2. The van der Waals surface area contributed by atoms with Crippen LogP contribution in [0.1, 0.15) is 25.5 Å². The van der Waals surface area contributed by atoms with Crippen molar-refractivity contribution in [3.8, 4) is 10.8 Å². The van der Waals surface area contributed by atoms with Gasteiger partial charge >= 0.3 is 6.03 Å². The number of amides is 2. The van der Waals surface area contributed by atoms with Crippen LogP contribution in [0, 0.1) is 5.92 Å². The summed E-state index contributed by atoms with van der Waals surface area (Å²) in [5, 5.41) is 14.5. The fourth-order valence-corrected chi connectivity index (χ4v) is 3.42. The third-order valence-corrected chi connectivity index (χ3v) is 4.99. The second-order valence-electron chi connectivity index (χ2n) is 5.87.